The molecule has 1 amide bonds. The largest absolute Gasteiger partial charge is 0.504 e. The van der Waals surface area contributed by atoms with Crippen LogP contribution in [0.4, 0.5) is 11.4 Å². The first-order chi connectivity index (χ1) is 13.3. The van der Waals surface area contributed by atoms with Crippen molar-refractivity contribution in [2.45, 2.75) is 6.92 Å². The molecule has 2 aromatic rings. The Balaban J connectivity index is 1.92. The fraction of sp³-hybridized carbons (Fsp3) is 0.158. The number of carbonyl (C=O) groups is 2. The van der Waals surface area contributed by atoms with Gasteiger partial charge in [0, 0.05) is 12.1 Å². The van der Waals surface area contributed by atoms with Crippen LogP contribution in [0.2, 0.25) is 0 Å². The maximum Gasteiger partial charge on any atom is 0.331 e. The third-order valence-corrected chi connectivity index (χ3v) is 3.59. The number of hydrogen-bond donors (Lipinski definition) is 2. The number of esters is 1. The lowest BCUT2D eigenvalue weighted by molar-refractivity contribution is -0.384. The van der Waals surface area contributed by atoms with Crippen molar-refractivity contribution in [1.82, 2.24) is 0 Å². The summed E-state index contributed by atoms with van der Waals surface area (Å²) in [6.45, 7) is 1.09. The predicted octanol–water partition coefficient (Wildman–Crippen LogP) is 2.81. The first kappa shape index (κ1) is 20.4. The zero-order chi connectivity index (χ0) is 20.7. The number of ether oxygens (including phenoxy) is 2. The fourth-order valence-corrected chi connectivity index (χ4v) is 2.23. The van der Waals surface area contributed by atoms with E-state index in [4.69, 9.17) is 9.47 Å². The highest BCUT2D eigenvalue weighted by molar-refractivity contribution is 5.96. The number of nitro groups is 1. The number of anilines is 1. The first-order valence-corrected chi connectivity index (χ1v) is 8.07. The van der Waals surface area contributed by atoms with Gasteiger partial charge in [-0.2, -0.15) is 0 Å². The maximum atomic E-state index is 11.9. The Hall–Kier alpha value is -3.88. The van der Waals surface area contributed by atoms with Crippen LogP contribution in [0, 0.1) is 17.0 Å². The van der Waals surface area contributed by atoms with E-state index >= 15 is 0 Å². The molecule has 0 aliphatic heterocycles. The molecule has 2 rings (SSSR count). The topological polar surface area (TPSA) is 128 Å². The summed E-state index contributed by atoms with van der Waals surface area (Å²) in [6, 6.07) is 8.84. The second-order valence-corrected chi connectivity index (χ2v) is 5.70. The maximum absolute atomic E-state index is 11.9. The van der Waals surface area contributed by atoms with E-state index in [0.717, 1.165) is 6.08 Å². The molecule has 0 bridgehead atoms. The molecule has 0 aromatic heterocycles. The SMILES string of the molecule is COc1cc(C=CC(=O)OCC(=O)Nc2ccc(C)cc2[N+](=O)[O-])ccc1O. The van der Waals surface area contributed by atoms with Gasteiger partial charge in [0.05, 0.1) is 12.0 Å². The standard InChI is InChI=1S/C19H18N2O7/c1-12-3-6-14(15(9-12)21(25)26)20-18(23)11-28-19(24)8-5-13-4-7-16(22)17(10-13)27-2/h3-10,22H,11H2,1-2H3,(H,20,23). The quantitative estimate of drug-likeness (QED) is 0.324. The Kier molecular flexibility index (Phi) is 6.69. The molecule has 9 nitrogen and oxygen atoms in total. The smallest absolute Gasteiger partial charge is 0.331 e. The molecule has 2 aromatic carbocycles. The number of rotatable bonds is 7. The van der Waals surface area contributed by atoms with Crippen molar-refractivity contribution in [3.8, 4) is 11.5 Å². The van der Waals surface area contributed by atoms with E-state index in [2.05, 4.69) is 5.32 Å². The van der Waals surface area contributed by atoms with Gasteiger partial charge in [-0.25, -0.2) is 4.79 Å². The molecule has 0 saturated heterocycles. The van der Waals surface area contributed by atoms with Crippen LogP contribution in [0.15, 0.2) is 42.5 Å². The molecule has 0 heterocycles. The van der Waals surface area contributed by atoms with Crippen molar-refractivity contribution in [2.24, 2.45) is 0 Å². The number of phenols is 1. The number of nitrogens with zero attached hydrogens (tertiary/aromatic N) is 1. The summed E-state index contributed by atoms with van der Waals surface area (Å²) in [6.07, 6.45) is 2.53. The minimum atomic E-state index is -0.777. The van der Waals surface area contributed by atoms with Crippen LogP contribution in [-0.4, -0.2) is 35.6 Å². The van der Waals surface area contributed by atoms with Gasteiger partial charge in [0.25, 0.3) is 11.6 Å². The summed E-state index contributed by atoms with van der Waals surface area (Å²) in [5.41, 5.74) is 1.02. The molecule has 0 atom stereocenters. The number of methoxy groups -OCH3 is 1. The second-order valence-electron chi connectivity index (χ2n) is 5.70. The van der Waals surface area contributed by atoms with Crippen LogP contribution in [0.25, 0.3) is 6.08 Å². The van der Waals surface area contributed by atoms with Crippen molar-refractivity contribution >= 4 is 29.3 Å². The summed E-state index contributed by atoms with van der Waals surface area (Å²) in [5.74, 6) is -1.28. The highest BCUT2D eigenvalue weighted by atomic mass is 16.6. The van der Waals surface area contributed by atoms with Crippen LogP contribution >= 0.6 is 0 Å². The number of hydrogen-bond acceptors (Lipinski definition) is 7. The number of aryl methyl sites for hydroxylation is 1. The number of aromatic hydroxyl groups is 1. The van der Waals surface area contributed by atoms with Crippen molar-refractivity contribution in [3.63, 3.8) is 0 Å². The molecule has 28 heavy (non-hydrogen) atoms. The molecular weight excluding hydrogens is 368 g/mol. The highest BCUT2D eigenvalue weighted by Gasteiger charge is 2.16. The van der Waals surface area contributed by atoms with Gasteiger partial charge in [0.2, 0.25) is 0 Å². The van der Waals surface area contributed by atoms with E-state index in [1.165, 1.54) is 37.5 Å². The normalized spacial score (nSPS) is 10.5. The van der Waals surface area contributed by atoms with E-state index < -0.39 is 23.4 Å². The lowest BCUT2D eigenvalue weighted by Crippen LogP contribution is -2.20. The van der Waals surface area contributed by atoms with E-state index in [0.29, 0.717) is 11.1 Å². The average Bonchev–Trinajstić information content (AvgIpc) is 2.66. The zero-order valence-electron chi connectivity index (χ0n) is 15.2. The number of nitro benzene ring substituents is 1. The van der Waals surface area contributed by atoms with Crippen molar-refractivity contribution < 1.29 is 29.1 Å². The monoisotopic (exact) mass is 386 g/mol. The van der Waals surface area contributed by atoms with Crippen LogP contribution in [0.1, 0.15) is 11.1 Å². The third-order valence-electron chi connectivity index (χ3n) is 3.59. The number of nitrogens with one attached hydrogen (secondary N) is 1. The minimum absolute atomic E-state index is 0.0170. The van der Waals surface area contributed by atoms with Gasteiger partial charge in [-0.05, 0) is 42.3 Å². The van der Waals surface area contributed by atoms with Crippen LogP contribution in [-0.2, 0) is 14.3 Å². The Labute approximate surface area is 160 Å². The molecule has 0 saturated carbocycles. The molecule has 146 valence electrons. The van der Waals surface area contributed by atoms with Crippen molar-refractivity contribution in [2.75, 3.05) is 19.0 Å². The second kappa shape index (κ2) is 9.17. The average molecular weight is 386 g/mol. The number of carbonyl (C=O) groups excluding carboxylic acids is 2. The van der Waals surface area contributed by atoms with E-state index in [1.54, 1.807) is 19.1 Å². The van der Waals surface area contributed by atoms with Gasteiger partial charge in [0.1, 0.15) is 5.69 Å². The summed E-state index contributed by atoms with van der Waals surface area (Å²) in [4.78, 5) is 34.1. The Morgan fingerprint density at radius 1 is 1.25 bits per heavy atom. The molecule has 0 unspecified atom stereocenters. The van der Waals surface area contributed by atoms with Gasteiger partial charge < -0.3 is 19.9 Å². The van der Waals surface area contributed by atoms with Gasteiger partial charge in [0.15, 0.2) is 18.1 Å². The molecule has 0 aliphatic carbocycles. The summed E-state index contributed by atoms with van der Waals surface area (Å²) in [7, 11) is 1.40. The van der Waals surface area contributed by atoms with Gasteiger partial charge in [-0.1, -0.05) is 12.1 Å². The van der Waals surface area contributed by atoms with Gasteiger partial charge in [-0.3, -0.25) is 14.9 Å². The minimum Gasteiger partial charge on any atom is -0.504 e. The molecule has 0 aliphatic rings. The molecule has 0 fully saturated rings. The van der Waals surface area contributed by atoms with E-state index in [9.17, 15) is 24.8 Å². The van der Waals surface area contributed by atoms with E-state index in [1.807, 2.05) is 0 Å². The Morgan fingerprint density at radius 3 is 2.68 bits per heavy atom. The molecule has 0 radical (unpaired) electrons. The van der Waals surface area contributed by atoms with Crippen LogP contribution in [0.3, 0.4) is 0 Å². The predicted molar refractivity (Wildman–Crippen MR) is 101 cm³/mol. The fourth-order valence-electron chi connectivity index (χ4n) is 2.23. The summed E-state index contributed by atoms with van der Waals surface area (Å²) < 4.78 is 9.77. The Bertz CT molecular complexity index is 938. The molecule has 2 N–H and O–H groups in total. The summed E-state index contributed by atoms with van der Waals surface area (Å²) in [5, 5.41) is 22.9. The lowest BCUT2D eigenvalue weighted by atomic mass is 10.2. The van der Waals surface area contributed by atoms with Crippen molar-refractivity contribution in [1.29, 1.82) is 0 Å². The molecule has 0 spiro atoms. The van der Waals surface area contributed by atoms with Crippen molar-refractivity contribution in [3.05, 3.63) is 63.7 Å². The highest BCUT2D eigenvalue weighted by Crippen LogP contribution is 2.27. The molecule has 9 heteroatoms. The number of amides is 1. The molecular formula is C19H18N2O7. The Morgan fingerprint density at radius 2 is 2.00 bits per heavy atom. The first-order valence-electron chi connectivity index (χ1n) is 8.07. The van der Waals surface area contributed by atoms with Gasteiger partial charge in [-0.15, -0.1) is 0 Å². The van der Waals surface area contributed by atoms with E-state index in [-0.39, 0.29) is 22.9 Å². The third kappa shape index (κ3) is 5.56. The van der Waals surface area contributed by atoms with Gasteiger partial charge >= 0.3 is 5.97 Å². The zero-order valence-corrected chi connectivity index (χ0v) is 15.2. The number of phenolic OH excluding ortho intramolecular Hbond substituents is 1. The lowest BCUT2D eigenvalue weighted by Gasteiger charge is -2.07. The summed E-state index contributed by atoms with van der Waals surface area (Å²) >= 11 is 0. The number of benzene rings is 2. The van der Waals surface area contributed by atoms with Crippen LogP contribution < -0.4 is 10.1 Å². The van der Waals surface area contributed by atoms with Crippen LogP contribution in [0.5, 0.6) is 11.5 Å².